The molecule has 0 radical (unpaired) electrons. The Morgan fingerprint density at radius 1 is 1.15 bits per heavy atom. The van der Waals surface area contributed by atoms with Crippen molar-refractivity contribution in [3.8, 4) is 5.75 Å². The van der Waals surface area contributed by atoms with E-state index >= 15 is 0 Å². The van der Waals surface area contributed by atoms with Crippen molar-refractivity contribution in [2.24, 2.45) is 29.1 Å². The van der Waals surface area contributed by atoms with Gasteiger partial charge in [-0.05, 0) is 95.6 Å². The van der Waals surface area contributed by atoms with Gasteiger partial charge in [0.25, 0.3) is 0 Å². The van der Waals surface area contributed by atoms with E-state index in [1.165, 1.54) is 38.5 Å². The monoisotopic (exact) mass is 678 g/mol. The van der Waals surface area contributed by atoms with Crippen molar-refractivity contribution in [2.75, 3.05) is 19.7 Å². The number of ether oxygens (including phenoxy) is 1. The van der Waals surface area contributed by atoms with Gasteiger partial charge in [-0.3, -0.25) is 9.59 Å². The molecule has 5 aliphatic carbocycles. The van der Waals surface area contributed by atoms with Gasteiger partial charge >= 0.3 is 0 Å². The van der Waals surface area contributed by atoms with Gasteiger partial charge in [-0.2, -0.15) is 0 Å². The molecule has 0 spiro atoms. The summed E-state index contributed by atoms with van der Waals surface area (Å²) in [6.07, 6.45) is 10.0. The predicted molar refractivity (Wildman–Crippen MR) is 167 cm³/mol. The van der Waals surface area contributed by atoms with Crippen molar-refractivity contribution in [1.82, 2.24) is 10.2 Å². The number of nitrogens with one attached hydrogen (secondary N) is 1. The Morgan fingerprint density at radius 3 is 2.59 bits per heavy atom. The topological polar surface area (TPSA) is 99.1 Å². The maximum atomic E-state index is 14.1. The highest BCUT2D eigenvalue weighted by molar-refractivity contribution is 14.1. The number of carbonyl (C=O) groups is 2. The SMILES string of the molecule is CC1(C)[C@H]2CC[C@@H](CN(C(=O)CCC3CCCC3)[C@@H]3CC(C(=O)NCCO)=C[C@H](Oc4ccccc4I)[C@H]3O)[C@@H]1C2. The second-order valence-electron chi connectivity index (χ2n) is 13.4. The van der Waals surface area contributed by atoms with E-state index in [9.17, 15) is 19.8 Å². The number of halogens is 1. The molecule has 4 saturated carbocycles. The second-order valence-corrected chi connectivity index (χ2v) is 14.5. The molecule has 2 amide bonds. The highest BCUT2D eigenvalue weighted by Crippen LogP contribution is 2.61. The zero-order chi connectivity index (χ0) is 29.1. The Labute approximate surface area is 258 Å². The lowest BCUT2D eigenvalue weighted by atomic mass is 9.45. The molecular formula is C33H47IN2O5. The number of aliphatic hydroxyl groups is 2. The molecule has 0 aliphatic heterocycles. The van der Waals surface area contributed by atoms with Crippen molar-refractivity contribution in [1.29, 1.82) is 0 Å². The summed E-state index contributed by atoms with van der Waals surface area (Å²) in [4.78, 5) is 29.2. The molecule has 7 nitrogen and oxygen atoms in total. The van der Waals surface area contributed by atoms with Crippen LogP contribution in [0.4, 0.5) is 0 Å². The third-order valence-corrected chi connectivity index (χ3v) is 11.6. The summed E-state index contributed by atoms with van der Waals surface area (Å²) in [5, 5.41) is 23.9. The Morgan fingerprint density at radius 2 is 1.90 bits per heavy atom. The van der Waals surface area contributed by atoms with Crippen LogP contribution in [0.3, 0.4) is 0 Å². The standard InChI is InChI=1S/C33H47IN2O5/c1-33(2)24-13-12-22(25(33)19-24)20-36(30(38)14-11-21-7-3-4-8-21)27-17-23(32(40)35-15-16-37)18-29(31(27)39)41-28-10-6-5-9-26(28)34/h5-6,9-10,18,21-22,24-25,27,29,31,37,39H,3-4,7-8,11-17,19-20H2,1-2H3,(H,35,40)/t22-,24-,25-,27+,29-,31-/m0/s1. The minimum atomic E-state index is -0.971. The van der Waals surface area contributed by atoms with Crippen molar-refractivity contribution < 1.29 is 24.5 Å². The van der Waals surface area contributed by atoms with E-state index in [1.807, 2.05) is 29.2 Å². The van der Waals surface area contributed by atoms with Crippen LogP contribution < -0.4 is 10.1 Å². The molecule has 226 valence electrons. The lowest BCUT2D eigenvalue weighted by Crippen LogP contribution is -2.59. The number of benzene rings is 1. The van der Waals surface area contributed by atoms with Gasteiger partial charge in [-0.1, -0.05) is 51.7 Å². The van der Waals surface area contributed by atoms with E-state index in [4.69, 9.17) is 4.74 Å². The molecule has 1 aromatic carbocycles. The minimum Gasteiger partial charge on any atom is -0.482 e. The average Bonchev–Trinajstić information content (AvgIpc) is 3.49. The molecular weight excluding hydrogens is 631 g/mol. The molecule has 0 saturated heterocycles. The molecule has 0 heterocycles. The first-order valence-electron chi connectivity index (χ1n) is 15.7. The van der Waals surface area contributed by atoms with Crippen LogP contribution in [0.5, 0.6) is 5.75 Å². The maximum absolute atomic E-state index is 14.1. The predicted octanol–water partition coefficient (Wildman–Crippen LogP) is 5.08. The number of amides is 2. The van der Waals surface area contributed by atoms with E-state index in [0.717, 1.165) is 22.3 Å². The smallest absolute Gasteiger partial charge is 0.247 e. The summed E-state index contributed by atoms with van der Waals surface area (Å²) >= 11 is 2.21. The molecule has 41 heavy (non-hydrogen) atoms. The molecule has 0 aromatic heterocycles. The lowest BCUT2D eigenvalue weighted by molar-refractivity contribution is -0.148. The second kappa shape index (κ2) is 13.3. The Kier molecular flexibility index (Phi) is 10.0. The van der Waals surface area contributed by atoms with Crippen molar-refractivity contribution in [3.05, 3.63) is 39.5 Å². The van der Waals surface area contributed by atoms with Crippen LogP contribution in [-0.2, 0) is 9.59 Å². The summed E-state index contributed by atoms with van der Waals surface area (Å²) < 4.78 is 7.25. The van der Waals surface area contributed by atoms with Crippen LogP contribution >= 0.6 is 22.6 Å². The number of carbonyl (C=O) groups excluding carboxylic acids is 2. The number of aliphatic hydroxyl groups excluding tert-OH is 2. The van der Waals surface area contributed by atoms with Gasteiger partial charge in [-0.15, -0.1) is 0 Å². The fraction of sp³-hybridized carbons (Fsp3) is 0.697. The summed E-state index contributed by atoms with van der Waals surface area (Å²) in [6.45, 7) is 5.36. The van der Waals surface area contributed by atoms with Gasteiger partial charge in [0.1, 0.15) is 18.0 Å². The Hall–Kier alpha value is -1.65. The van der Waals surface area contributed by atoms with Crippen molar-refractivity contribution in [3.63, 3.8) is 0 Å². The maximum Gasteiger partial charge on any atom is 0.247 e. The van der Waals surface area contributed by atoms with Crippen LogP contribution in [-0.4, -0.2) is 64.9 Å². The number of hydrogen-bond acceptors (Lipinski definition) is 5. The largest absolute Gasteiger partial charge is 0.482 e. The third-order valence-electron chi connectivity index (χ3n) is 10.7. The molecule has 3 N–H and O–H groups in total. The van der Waals surface area contributed by atoms with Crippen molar-refractivity contribution >= 4 is 34.4 Å². The summed E-state index contributed by atoms with van der Waals surface area (Å²) in [7, 11) is 0. The van der Waals surface area contributed by atoms with Crippen LogP contribution in [0.2, 0.25) is 0 Å². The van der Waals surface area contributed by atoms with Gasteiger partial charge in [-0.25, -0.2) is 0 Å². The number of para-hydroxylation sites is 1. The average molecular weight is 679 g/mol. The molecule has 6 rings (SSSR count). The first-order chi connectivity index (χ1) is 19.7. The van der Waals surface area contributed by atoms with Gasteiger partial charge < -0.3 is 25.2 Å². The van der Waals surface area contributed by atoms with Crippen LogP contribution in [0, 0.1) is 32.7 Å². The molecule has 0 unspecified atom stereocenters. The number of hydrogen-bond donors (Lipinski definition) is 3. The fourth-order valence-corrected chi connectivity index (χ4v) is 8.61. The summed E-state index contributed by atoms with van der Waals surface area (Å²) in [6, 6.07) is 7.06. The van der Waals surface area contributed by atoms with E-state index < -0.39 is 18.2 Å². The quantitative estimate of drug-likeness (QED) is 0.284. The highest BCUT2D eigenvalue weighted by atomic mass is 127. The van der Waals surface area contributed by atoms with Gasteiger partial charge in [0.15, 0.2) is 0 Å². The van der Waals surface area contributed by atoms with Gasteiger partial charge in [0.2, 0.25) is 11.8 Å². The van der Waals surface area contributed by atoms with E-state index in [2.05, 4.69) is 41.8 Å². The van der Waals surface area contributed by atoms with Gasteiger partial charge in [0.05, 0.1) is 16.2 Å². The fourth-order valence-electron chi connectivity index (χ4n) is 8.09. The van der Waals surface area contributed by atoms with Gasteiger partial charge in [0, 0.05) is 31.5 Å². The molecule has 6 atom stereocenters. The van der Waals surface area contributed by atoms with E-state index in [1.54, 1.807) is 6.08 Å². The minimum absolute atomic E-state index is 0.0882. The Balaban J connectivity index is 1.42. The molecule has 8 heteroatoms. The first kappa shape index (κ1) is 30.8. The van der Waals surface area contributed by atoms with Crippen LogP contribution in [0.25, 0.3) is 0 Å². The molecule has 4 fully saturated rings. The summed E-state index contributed by atoms with van der Waals surface area (Å²) in [5.41, 5.74) is 0.781. The Bertz CT molecular complexity index is 1110. The number of nitrogens with zero attached hydrogens (tertiary/aromatic N) is 1. The lowest BCUT2D eigenvalue weighted by Gasteiger charge is -2.61. The number of fused-ring (bicyclic) bond motifs is 2. The first-order valence-corrected chi connectivity index (χ1v) is 16.7. The molecule has 1 aromatic rings. The molecule has 5 aliphatic rings. The zero-order valence-corrected chi connectivity index (χ0v) is 26.7. The number of rotatable bonds is 11. The molecule has 2 bridgehead atoms. The van der Waals surface area contributed by atoms with E-state index in [-0.39, 0.29) is 36.8 Å². The van der Waals surface area contributed by atoms with E-state index in [0.29, 0.717) is 42.0 Å². The highest BCUT2D eigenvalue weighted by Gasteiger charge is 2.55. The zero-order valence-electron chi connectivity index (χ0n) is 24.6. The van der Waals surface area contributed by atoms with Crippen LogP contribution in [0.1, 0.15) is 78.1 Å². The summed E-state index contributed by atoms with van der Waals surface area (Å²) in [5.74, 6) is 2.78. The van der Waals surface area contributed by atoms with Crippen molar-refractivity contribution in [2.45, 2.75) is 96.3 Å². The van der Waals surface area contributed by atoms with Crippen LogP contribution in [0.15, 0.2) is 35.9 Å². The third kappa shape index (κ3) is 6.80. The normalized spacial score (nSPS) is 30.7.